The van der Waals surface area contributed by atoms with Crippen LogP contribution in [0.25, 0.3) is 0 Å². The second-order valence-electron chi connectivity index (χ2n) is 6.73. The summed E-state index contributed by atoms with van der Waals surface area (Å²) in [5.74, 6) is -0.857. The molecule has 0 bridgehead atoms. The Morgan fingerprint density at radius 1 is 1.07 bits per heavy atom. The van der Waals surface area contributed by atoms with E-state index in [2.05, 4.69) is 33.7 Å². The predicted molar refractivity (Wildman–Crippen MR) is 129 cm³/mol. The van der Waals surface area contributed by atoms with Gasteiger partial charge in [-0.05, 0) is 31.2 Å². The molecule has 2 rings (SSSR count). The van der Waals surface area contributed by atoms with Crippen molar-refractivity contribution in [2.45, 2.75) is 6.54 Å². The maximum Gasteiger partial charge on any atom is 0.273 e. The summed E-state index contributed by atoms with van der Waals surface area (Å²) in [6.45, 7) is 0.781. The highest BCUT2D eigenvalue weighted by Crippen LogP contribution is 2.83. The van der Waals surface area contributed by atoms with Gasteiger partial charge in [0.05, 0.1) is 5.56 Å². The second-order valence-corrected chi connectivity index (χ2v) is 20.8. The van der Waals surface area contributed by atoms with Crippen LogP contribution in [0, 0.1) is 0 Å². The maximum absolute atomic E-state index is 13.5. The van der Waals surface area contributed by atoms with Crippen LogP contribution in [0.1, 0.15) is 15.9 Å². The van der Waals surface area contributed by atoms with Crippen molar-refractivity contribution in [1.82, 2.24) is 10.7 Å². The summed E-state index contributed by atoms with van der Waals surface area (Å²) < 4.78 is 13.5. The quantitative estimate of drug-likeness (QED) is 0.335. The van der Waals surface area contributed by atoms with Gasteiger partial charge < -0.3 is 9.88 Å². The molecule has 0 fully saturated rings. The number of nitrogens with one attached hydrogen (secondary N) is 2. The first-order valence-corrected chi connectivity index (χ1v) is 16.1. The van der Waals surface area contributed by atoms with Crippen LogP contribution in [0.15, 0.2) is 64.9 Å². The third-order valence-corrected chi connectivity index (χ3v) is 19.6. The van der Waals surface area contributed by atoms with Gasteiger partial charge in [0.1, 0.15) is 13.4 Å². The molecule has 0 saturated carbocycles. The fourth-order valence-electron chi connectivity index (χ4n) is 2.47. The van der Waals surface area contributed by atoms with E-state index in [1.165, 1.54) is 0 Å². The zero-order valence-electron chi connectivity index (χ0n) is 17.0. The van der Waals surface area contributed by atoms with Crippen LogP contribution in [0.2, 0.25) is 0 Å². The number of nitrogens with zero attached hydrogens (tertiary/aromatic N) is 2. The van der Waals surface area contributed by atoms with E-state index < -0.39 is 19.0 Å². The van der Waals surface area contributed by atoms with Gasteiger partial charge in [0.25, 0.3) is 5.91 Å². The van der Waals surface area contributed by atoms with Crippen LogP contribution in [0.3, 0.4) is 0 Å². The third-order valence-electron chi connectivity index (χ3n) is 4.49. The van der Waals surface area contributed by atoms with Crippen molar-refractivity contribution in [1.29, 1.82) is 0 Å². The highest BCUT2D eigenvalue weighted by Gasteiger charge is 2.32. The molecule has 0 aromatic heterocycles. The molecule has 2 unspecified atom stereocenters. The second kappa shape index (κ2) is 10.6. The zero-order valence-corrected chi connectivity index (χ0v) is 19.7. The summed E-state index contributed by atoms with van der Waals surface area (Å²) in [6, 6.07) is 16.2. The Hall–Kier alpha value is -2.32. The van der Waals surface area contributed by atoms with Crippen LogP contribution < -0.4 is 16.0 Å². The monoisotopic (exact) mass is 462 g/mol. The molecule has 0 aliphatic heterocycles. The summed E-state index contributed by atoms with van der Waals surface area (Å²) in [5.41, 5.74) is 3.53. The highest BCUT2D eigenvalue weighted by molar-refractivity contribution is 8.65. The molecule has 2 aromatic rings. The molecule has 0 aliphatic carbocycles. The lowest BCUT2D eigenvalue weighted by Crippen LogP contribution is -2.26. The number of carbonyl (C=O) groups excluding carboxylic acids is 2. The normalized spacial score (nSPS) is 15.3. The SMILES string of the molecule is C=PP(=C)(C)P(C)(=O)c1ccccc1C(=O)NN=NCC(=O)NCc1ccccc1. The molecule has 2 N–H and O–H groups in total. The van der Waals surface area contributed by atoms with Crippen LogP contribution in [-0.4, -0.2) is 44.3 Å². The van der Waals surface area contributed by atoms with Gasteiger partial charge in [-0.3, -0.25) is 9.59 Å². The Labute approximate surface area is 178 Å². The molecule has 10 heteroatoms. The first-order chi connectivity index (χ1) is 14.2. The van der Waals surface area contributed by atoms with Crippen LogP contribution in [0.5, 0.6) is 0 Å². The molecule has 158 valence electrons. The maximum atomic E-state index is 13.5. The van der Waals surface area contributed by atoms with Crippen LogP contribution in [0.4, 0.5) is 0 Å². The fraction of sp³-hybridized carbons (Fsp3) is 0.200. The average molecular weight is 462 g/mol. The number of hydrogen-bond donors (Lipinski definition) is 2. The third kappa shape index (κ3) is 6.09. The molecule has 0 heterocycles. The Morgan fingerprint density at radius 3 is 2.37 bits per heavy atom. The van der Waals surface area contributed by atoms with Gasteiger partial charge in [0.15, 0.2) is 0 Å². The summed E-state index contributed by atoms with van der Waals surface area (Å²) in [6.07, 6.45) is 5.86. The Bertz CT molecular complexity index is 1050. The molecule has 2 amide bonds. The van der Waals surface area contributed by atoms with Gasteiger partial charge in [-0.1, -0.05) is 74.2 Å². The fourth-order valence-corrected chi connectivity index (χ4v) is 9.84. The molecule has 2 atom stereocenters. The Balaban J connectivity index is 1.98. The minimum absolute atomic E-state index is 0.218. The van der Waals surface area contributed by atoms with E-state index in [4.69, 9.17) is 0 Å². The zero-order chi connectivity index (χ0) is 22.2. The van der Waals surface area contributed by atoms with Crippen molar-refractivity contribution in [2.24, 2.45) is 10.3 Å². The number of hydrogen-bond acceptors (Lipinski definition) is 5. The number of carbonyl (C=O) groups is 2. The topological polar surface area (TPSA) is 100.0 Å². The van der Waals surface area contributed by atoms with Gasteiger partial charge in [-0.25, -0.2) is 5.43 Å². The molecule has 0 saturated heterocycles. The summed E-state index contributed by atoms with van der Waals surface area (Å²) in [4.78, 5) is 24.4. The van der Waals surface area contributed by atoms with E-state index in [0.717, 1.165) is 13.5 Å². The van der Waals surface area contributed by atoms with Crippen molar-refractivity contribution in [3.8, 4) is 0 Å². The summed E-state index contributed by atoms with van der Waals surface area (Å²) >= 11 is 0. The summed E-state index contributed by atoms with van der Waals surface area (Å²) in [5, 5.41) is 10.5. The molecular weight excluding hydrogens is 437 g/mol. The van der Waals surface area contributed by atoms with E-state index in [1.54, 1.807) is 30.9 Å². The standard InChI is InChI=1S/C20H25N4O3P3/c1-28-29(2,3)30(4,27)18-13-9-8-12-17(18)20(26)23-24-22-15-19(25)21-14-16-10-6-5-7-11-16/h5-13H,1-2,14-15H2,3-4H3,(H,21,25)(H,22,23,26). The van der Waals surface area contributed by atoms with Gasteiger partial charge >= 0.3 is 0 Å². The highest BCUT2D eigenvalue weighted by atomic mass is 32.5. The largest absolute Gasteiger partial charge is 0.350 e. The molecule has 0 radical (unpaired) electrons. The van der Waals surface area contributed by atoms with E-state index in [9.17, 15) is 14.2 Å². The average Bonchev–Trinajstić information content (AvgIpc) is 2.75. The Kier molecular flexibility index (Phi) is 8.49. The molecule has 7 nitrogen and oxygen atoms in total. The van der Waals surface area contributed by atoms with Gasteiger partial charge in [-0.2, -0.15) is 5.11 Å². The van der Waals surface area contributed by atoms with E-state index in [1.807, 2.05) is 37.0 Å². The first kappa shape index (κ1) is 24.0. The number of benzene rings is 2. The van der Waals surface area contributed by atoms with Crippen LogP contribution >= 0.6 is 21.0 Å². The number of amides is 2. The summed E-state index contributed by atoms with van der Waals surface area (Å²) in [7, 11) is 0.726. The molecule has 2 aromatic carbocycles. The van der Waals surface area contributed by atoms with Gasteiger partial charge in [0.2, 0.25) is 5.91 Å². The predicted octanol–water partition coefficient (Wildman–Crippen LogP) is 4.01. The molecule has 30 heavy (non-hydrogen) atoms. The van der Waals surface area contributed by atoms with Crippen LogP contribution in [-0.2, 0) is 15.9 Å². The van der Waals surface area contributed by atoms with Gasteiger partial charge in [-0.15, -0.1) is 0 Å². The smallest absolute Gasteiger partial charge is 0.273 e. The van der Waals surface area contributed by atoms with E-state index in [0.29, 0.717) is 11.8 Å². The first-order valence-electron chi connectivity index (χ1n) is 9.03. The molecular formula is C20H25N4O3P3. The molecule has 0 aliphatic rings. The lowest BCUT2D eigenvalue weighted by Gasteiger charge is -2.25. The van der Waals surface area contributed by atoms with Crippen molar-refractivity contribution in [3.05, 3.63) is 65.7 Å². The van der Waals surface area contributed by atoms with Crippen molar-refractivity contribution in [2.75, 3.05) is 19.9 Å². The van der Waals surface area contributed by atoms with E-state index >= 15 is 0 Å². The van der Waals surface area contributed by atoms with Gasteiger partial charge in [0, 0.05) is 11.8 Å². The minimum atomic E-state index is -2.90. The minimum Gasteiger partial charge on any atom is -0.350 e. The van der Waals surface area contributed by atoms with Crippen molar-refractivity contribution in [3.63, 3.8) is 0 Å². The van der Waals surface area contributed by atoms with Crippen molar-refractivity contribution >= 4 is 50.7 Å². The van der Waals surface area contributed by atoms with Crippen molar-refractivity contribution < 1.29 is 14.2 Å². The lowest BCUT2D eigenvalue weighted by molar-refractivity contribution is -0.119. The molecule has 0 spiro atoms. The van der Waals surface area contributed by atoms with E-state index in [-0.39, 0.29) is 18.0 Å². The Morgan fingerprint density at radius 2 is 1.70 bits per heavy atom. The number of rotatable bonds is 9. The lowest BCUT2D eigenvalue weighted by atomic mass is 10.2.